The minimum atomic E-state index is -0.805. The number of rotatable bonds is 18. The maximum atomic E-state index is 14.1. The fourth-order valence-corrected chi connectivity index (χ4v) is 6.48. The molecule has 0 aliphatic heterocycles. The van der Waals surface area contributed by atoms with Gasteiger partial charge in [0.2, 0.25) is 11.8 Å². The summed E-state index contributed by atoms with van der Waals surface area (Å²) in [5.74, 6) is -3.35. The molecule has 0 heterocycles. The molecular weight excluding hydrogens is 784 g/mol. The van der Waals surface area contributed by atoms with E-state index >= 15 is 0 Å². The summed E-state index contributed by atoms with van der Waals surface area (Å²) in [6, 6.07) is 25.5. The molecule has 4 rings (SSSR count). The second kappa shape index (κ2) is 29.7. The Morgan fingerprint density at radius 1 is 0.542 bits per heavy atom. The van der Waals surface area contributed by atoms with Crippen molar-refractivity contribution in [3.8, 4) is 0 Å². The average Bonchev–Trinajstić information content (AvgIpc) is 3.86. The van der Waals surface area contributed by atoms with Gasteiger partial charge in [-0.1, -0.05) is 121 Å². The monoisotopic (exact) mass is 854 g/mol. The van der Waals surface area contributed by atoms with Gasteiger partial charge in [-0.15, -0.1) is 36.4 Å². The molecule has 0 unspecified atom stereocenters. The van der Waals surface area contributed by atoms with Gasteiger partial charge in [-0.3, -0.25) is 9.59 Å². The molecule has 0 radical (unpaired) electrons. The molecule has 4 aromatic carbocycles. The van der Waals surface area contributed by atoms with Crippen LogP contribution < -0.4 is 9.80 Å². The molecule has 59 heavy (non-hydrogen) atoms. The Hall–Kier alpha value is -3.49. The van der Waals surface area contributed by atoms with Gasteiger partial charge in [-0.05, 0) is 37.1 Å². The molecule has 0 saturated carbocycles. The minimum Gasteiger partial charge on any atom is -0.363 e. The largest absolute Gasteiger partial charge is 4.00 e. The van der Waals surface area contributed by atoms with Crippen LogP contribution in [0.25, 0.3) is 0 Å². The summed E-state index contributed by atoms with van der Waals surface area (Å²) in [7, 11) is 0. The topological polar surface area (TPSA) is 40.6 Å². The Kier molecular flexibility index (Phi) is 27.9. The molecule has 0 atom stereocenters. The van der Waals surface area contributed by atoms with Crippen LogP contribution in [0.2, 0.25) is 0 Å². The Morgan fingerprint density at radius 2 is 0.864 bits per heavy atom. The van der Waals surface area contributed by atoms with Gasteiger partial charge < -0.3 is 9.80 Å². The van der Waals surface area contributed by atoms with Crippen LogP contribution in [0.3, 0.4) is 0 Å². The third-order valence-corrected chi connectivity index (χ3v) is 9.79. The summed E-state index contributed by atoms with van der Waals surface area (Å²) in [5.41, 5.74) is 1.79. The van der Waals surface area contributed by atoms with Crippen molar-refractivity contribution in [3.63, 3.8) is 0 Å². The molecule has 324 valence electrons. The van der Waals surface area contributed by atoms with Crippen LogP contribution in [0.4, 0.5) is 28.9 Å². The third kappa shape index (κ3) is 21.0. The van der Waals surface area contributed by atoms with E-state index < -0.39 is 34.1 Å². The zero-order chi connectivity index (χ0) is 43.7. The molecule has 2 amide bonds. The number of anilines is 2. The Bertz CT molecular complexity index is 1580. The predicted molar refractivity (Wildman–Crippen MR) is 234 cm³/mol. The SMILES string of the molecule is CCCCCCN(C(=O)C(C)(C)CCC)c1ccc(F)[c-]c1F.CCCCCCN(C(=O)C(C)(C)CCC)c1ccc(F)[c-]c1F.C[c-]1cccc1.C[c-]1cccc1.[Ti+4]. The smallest absolute Gasteiger partial charge is 0.363 e. The van der Waals surface area contributed by atoms with E-state index in [0.717, 1.165) is 89.2 Å². The van der Waals surface area contributed by atoms with Gasteiger partial charge in [0.25, 0.3) is 0 Å². The van der Waals surface area contributed by atoms with Crippen LogP contribution in [-0.2, 0) is 31.3 Å². The van der Waals surface area contributed by atoms with Crippen LogP contribution in [0.1, 0.15) is 144 Å². The predicted octanol–water partition coefficient (Wildman–Crippen LogP) is 14.4. The number of amides is 2. The number of halogens is 4. The molecular formula is C50H70F4N2O2Ti. The molecule has 4 nitrogen and oxygen atoms in total. The van der Waals surface area contributed by atoms with E-state index in [1.54, 1.807) is 0 Å². The molecule has 9 heteroatoms. The summed E-state index contributed by atoms with van der Waals surface area (Å²) >= 11 is 0. The van der Waals surface area contributed by atoms with Crippen molar-refractivity contribution in [1.29, 1.82) is 0 Å². The van der Waals surface area contributed by atoms with Crippen LogP contribution in [0.5, 0.6) is 0 Å². The van der Waals surface area contributed by atoms with Crippen molar-refractivity contribution in [2.24, 2.45) is 10.8 Å². The normalized spacial score (nSPS) is 10.8. The van der Waals surface area contributed by atoms with Crippen LogP contribution in [0.15, 0.2) is 72.8 Å². The van der Waals surface area contributed by atoms with E-state index in [4.69, 9.17) is 0 Å². The maximum absolute atomic E-state index is 14.1. The molecule has 0 aromatic heterocycles. The first-order valence-electron chi connectivity index (χ1n) is 21.2. The van der Waals surface area contributed by atoms with Gasteiger partial charge >= 0.3 is 21.7 Å². The maximum Gasteiger partial charge on any atom is 4.00 e. The summed E-state index contributed by atoms with van der Waals surface area (Å²) < 4.78 is 54.5. The molecule has 0 bridgehead atoms. The van der Waals surface area contributed by atoms with Crippen molar-refractivity contribution >= 4 is 23.2 Å². The number of carbonyl (C=O) groups is 2. The van der Waals surface area contributed by atoms with Gasteiger partial charge in [0.05, 0.1) is 0 Å². The number of benzene rings is 2. The van der Waals surface area contributed by atoms with Crippen LogP contribution >= 0.6 is 0 Å². The Labute approximate surface area is 369 Å². The number of aryl methyl sites for hydroxylation is 2. The van der Waals surface area contributed by atoms with E-state index in [0.29, 0.717) is 13.1 Å². The standard InChI is InChI=1S/2C19H28F2NO.2C6H7.Ti/c2*1-5-7-8-9-13-22(18(23)19(3,4)12-6-2)17-11-10-15(20)14-16(17)21;2*1-6-4-2-3-5-6;/h2*10-11H,5-9,12-13H2,1-4H3;2*2-5H,1H3;/q4*-1;+4. The zero-order valence-corrected chi connectivity index (χ0v) is 39.1. The molecule has 0 aliphatic rings. The van der Waals surface area contributed by atoms with Crippen molar-refractivity contribution in [3.05, 3.63) is 119 Å². The zero-order valence-electron chi connectivity index (χ0n) is 37.6. The van der Waals surface area contributed by atoms with Crippen molar-refractivity contribution in [2.45, 2.75) is 146 Å². The van der Waals surface area contributed by atoms with Gasteiger partial charge in [0.15, 0.2) is 0 Å². The third-order valence-electron chi connectivity index (χ3n) is 9.79. The van der Waals surface area contributed by atoms with Gasteiger partial charge in [0, 0.05) is 47.2 Å². The summed E-state index contributed by atoms with van der Waals surface area (Å²) in [4.78, 5) is 28.8. The number of unbranched alkanes of at least 4 members (excludes halogenated alkanes) is 6. The van der Waals surface area contributed by atoms with E-state index in [-0.39, 0.29) is 44.9 Å². The molecule has 4 aromatic rings. The first-order chi connectivity index (χ1) is 27.4. The molecule has 0 saturated heterocycles. The average molecular weight is 855 g/mol. The van der Waals surface area contributed by atoms with E-state index in [1.807, 2.05) is 77.9 Å². The Morgan fingerprint density at radius 3 is 1.10 bits per heavy atom. The van der Waals surface area contributed by atoms with Crippen LogP contribution in [-0.4, -0.2) is 24.9 Å². The van der Waals surface area contributed by atoms with E-state index in [2.05, 4.69) is 52.0 Å². The fourth-order valence-electron chi connectivity index (χ4n) is 6.48. The molecule has 0 N–H and O–H groups in total. The summed E-state index contributed by atoms with van der Waals surface area (Å²) in [6.45, 7) is 20.8. The minimum absolute atomic E-state index is 0. The number of hydrogen-bond acceptors (Lipinski definition) is 2. The quantitative estimate of drug-likeness (QED) is 0.0433. The number of carbonyl (C=O) groups excluding carboxylic acids is 2. The van der Waals surface area contributed by atoms with Crippen molar-refractivity contribution in [1.82, 2.24) is 0 Å². The van der Waals surface area contributed by atoms with Crippen LogP contribution in [0, 0.1) is 60.1 Å². The first kappa shape index (κ1) is 55.5. The van der Waals surface area contributed by atoms with Gasteiger partial charge in [-0.2, -0.15) is 35.4 Å². The summed E-state index contributed by atoms with van der Waals surface area (Å²) in [5, 5.41) is 0. The molecule has 0 spiro atoms. The van der Waals surface area contributed by atoms with Crippen molar-refractivity contribution in [2.75, 3.05) is 22.9 Å². The summed E-state index contributed by atoms with van der Waals surface area (Å²) in [6.07, 6.45) is 11.1. The Balaban J connectivity index is 0.000000872. The number of hydrogen-bond donors (Lipinski definition) is 0. The molecule has 0 aliphatic carbocycles. The van der Waals surface area contributed by atoms with Crippen molar-refractivity contribution < 1.29 is 48.9 Å². The fraction of sp³-hybridized carbons (Fsp3) is 0.520. The van der Waals surface area contributed by atoms with E-state index in [1.165, 1.54) is 33.1 Å². The van der Waals surface area contributed by atoms with Gasteiger partial charge in [-0.25, -0.2) is 41.8 Å². The number of nitrogens with zero attached hydrogens (tertiary/aromatic N) is 2. The second-order valence-electron chi connectivity index (χ2n) is 16.2. The van der Waals surface area contributed by atoms with Gasteiger partial charge in [0.1, 0.15) is 0 Å². The second-order valence-corrected chi connectivity index (χ2v) is 16.2. The first-order valence-corrected chi connectivity index (χ1v) is 21.2. The van der Waals surface area contributed by atoms with E-state index in [9.17, 15) is 27.2 Å². The molecule has 0 fully saturated rings.